The third kappa shape index (κ3) is 4.99. The maximum absolute atomic E-state index is 9.92. The second-order valence-electron chi connectivity index (χ2n) is 12.4. The summed E-state index contributed by atoms with van der Waals surface area (Å²) in [5.74, 6) is 1.58. The Balaban J connectivity index is 1.34. The summed E-state index contributed by atoms with van der Waals surface area (Å²) in [5.41, 5.74) is 12.5. The second-order valence-corrected chi connectivity index (χ2v) is 12.4. The molecule has 0 saturated heterocycles. The number of hydrogen-bond donors (Lipinski definition) is 0. The van der Waals surface area contributed by atoms with Gasteiger partial charge < -0.3 is 0 Å². The normalized spacial score (nSPS) is 12.6. The molecule has 222 valence electrons. The molecule has 0 atom stereocenters. The van der Waals surface area contributed by atoms with Gasteiger partial charge in [-0.15, -0.1) is 0 Å². The maximum atomic E-state index is 9.92. The van der Waals surface area contributed by atoms with E-state index in [0.29, 0.717) is 28.6 Å². The predicted molar refractivity (Wildman–Crippen MR) is 189 cm³/mol. The van der Waals surface area contributed by atoms with Crippen molar-refractivity contribution in [1.82, 2.24) is 15.0 Å². The Morgan fingerprint density at radius 2 is 0.957 bits per heavy atom. The van der Waals surface area contributed by atoms with Crippen LogP contribution >= 0.6 is 0 Å². The van der Waals surface area contributed by atoms with Gasteiger partial charge in [0.25, 0.3) is 0 Å². The topological polar surface area (TPSA) is 62.5 Å². The van der Waals surface area contributed by atoms with Gasteiger partial charge in [-0.1, -0.05) is 123 Å². The van der Waals surface area contributed by atoms with E-state index in [0.717, 1.165) is 33.4 Å². The molecule has 7 aromatic rings. The van der Waals surface area contributed by atoms with Gasteiger partial charge in [0, 0.05) is 22.1 Å². The summed E-state index contributed by atoms with van der Waals surface area (Å²) in [6, 6.07) is 52.2. The molecule has 4 nitrogen and oxygen atoms in total. The van der Waals surface area contributed by atoms with Gasteiger partial charge in [0.2, 0.25) is 0 Å². The van der Waals surface area contributed by atoms with Crippen molar-refractivity contribution in [1.29, 1.82) is 5.26 Å². The van der Waals surface area contributed by atoms with E-state index in [1.165, 1.54) is 22.3 Å². The third-order valence-electron chi connectivity index (χ3n) is 9.17. The summed E-state index contributed by atoms with van der Waals surface area (Å²) in [5, 5.41) is 9.92. The molecule has 0 spiro atoms. The number of rotatable bonds is 5. The lowest BCUT2D eigenvalue weighted by Gasteiger charge is -2.22. The smallest absolute Gasteiger partial charge is 0.165 e. The van der Waals surface area contributed by atoms with Crippen molar-refractivity contribution in [3.8, 4) is 73.6 Å². The number of hydrogen-bond acceptors (Lipinski definition) is 4. The molecule has 0 unspecified atom stereocenters. The van der Waals surface area contributed by atoms with Crippen molar-refractivity contribution < 1.29 is 0 Å². The first-order chi connectivity index (χ1) is 23.0. The molecular weight excluding hydrogens is 573 g/mol. The van der Waals surface area contributed by atoms with Crippen LogP contribution in [0.4, 0.5) is 0 Å². The van der Waals surface area contributed by atoms with Gasteiger partial charge in [0.15, 0.2) is 17.5 Å². The summed E-state index contributed by atoms with van der Waals surface area (Å²) >= 11 is 0. The SMILES string of the molecule is CC1(C)c2ccccc2-c2ccc(-c3cc(-c4ccccc4)cc(-c4nc(-c5ccccc5)nc(-c5ccccc5C#N)n4)c3)cc21. The lowest BCUT2D eigenvalue weighted by Crippen LogP contribution is -2.14. The lowest BCUT2D eigenvalue weighted by molar-refractivity contribution is 0.660. The van der Waals surface area contributed by atoms with Crippen LogP contribution in [0, 0.1) is 11.3 Å². The molecule has 0 saturated carbocycles. The van der Waals surface area contributed by atoms with E-state index in [2.05, 4.69) is 105 Å². The van der Waals surface area contributed by atoms with Crippen molar-refractivity contribution in [3.05, 3.63) is 162 Å². The number of aromatic nitrogens is 3. The molecule has 8 rings (SSSR count). The minimum atomic E-state index is -0.108. The maximum Gasteiger partial charge on any atom is 0.165 e. The monoisotopic (exact) mass is 602 g/mol. The minimum absolute atomic E-state index is 0.108. The highest BCUT2D eigenvalue weighted by molar-refractivity contribution is 5.86. The Morgan fingerprint density at radius 1 is 0.426 bits per heavy atom. The fraction of sp³-hybridized carbons (Fsp3) is 0.0698. The van der Waals surface area contributed by atoms with Crippen LogP contribution in [-0.4, -0.2) is 15.0 Å². The van der Waals surface area contributed by atoms with Crippen LogP contribution in [0.5, 0.6) is 0 Å². The van der Waals surface area contributed by atoms with Crippen LogP contribution in [0.1, 0.15) is 30.5 Å². The van der Waals surface area contributed by atoms with E-state index >= 15 is 0 Å². The van der Waals surface area contributed by atoms with E-state index in [9.17, 15) is 5.26 Å². The van der Waals surface area contributed by atoms with Gasteiger partial charge >= 0.3 is 0 Å². The molecule has 0 aliphatic heterocycles. The van der Waals surface area contributed by atoms with Crippen molar-refractivity contribution >= 4 is 0 Å². The standard InChI is InChI=1S/C43H30N4/c1-43(2)38-20-12-11-19-36(38)37-22-21-30(26-39(37)43)33-23-32(28-13-5-3-6-14-28)24-34(25-33)41-45-40(29-15-7-4-8-16-29)46-42(47-41)35-18-10-9-17-31(35)27-44/h3-26H,1-2H3. The summed E-state index contributed by atoms with van der Waals surface area (Å²) in [7, 11) is 0. The number of benzene rings is 6. The molecule has 0 fully saturated rings. The fourth-order valence-electron chi connectivity index (χ4n) is 6.72. The summed E-state index contributed by atoms with van der Waals surface area (Å²) < 4.78 is 0. The average Bonchev–Trinajstić information content (AvgIpc) is 3.37. The van der Waals surface area contributed by atoms with Gasteiger partial charge in [-0.3, -0.25) is 0 Å². The van der Waals surface area contributed by atoms with E-state index < -0.39 is 0 Å². The molecule has 6 aromatic carbocycles. The number of nitriles is 1. The van der Waals surface area contributed by atoms with Gasteiger partial charge in [-0.25, -0.2) is 15.0 Å². The minimum Gasteiger partial charge on any atom is -0.208 e. The molecule has 1 heterocycles. The fourth-order valence-corrected chi connectivity index (χ4v) is 6.72. The molecular formula is C43H30N4. The van der Waals surface area contributed by atoms with Crippen LogP contribution < -0.4 is 0 Å². The van der Waals surface area contributed by atoms with Gasteiger partial charge in [0.1, 0.15) is 0 Å². The molecule has 4 heteroatoms. The predicted octanol–water partition coefficient (Wildman–Crippen LogP) is 10.4. The Bertz CT molecular complexity index is 2330. The zero-order valence-corrected chi connectivity index (χ0v) is 26.1. The largest absolute Gasteiger partial charge is 0.208 e. The van der Waals surface area contributed by atoms with Gasteiger partial charge in [0.05, 0.1) is 11.6 Å². The highest BCUT2D eigenvalue weighted by atomic mass is 15.0. The van der Waals surface area contributed by atoms with Crippen LogP contribution in [-0.2, 0) is 5.41 Å². The van der Waals surface area contributed by atoms with E-state index in [4.69, 9.17) is 15.0 Å². The molecule has 1 aliphatic carbocycles. The first kappa shape index (κ1) is 28.3. The average molecular weight is 603 g/mol. The molecule has 0 bridgehead atoms. The van der Waals surface area contributed by atoms with Crippen molar-refractivity contribution in [2.75, 3.05) is 0 Å². The summed E-state index contributed by atoms with van der Waals surface area (Å²) in [4.78, 5) is 14.9. The Kier molecular flexibility index (Phi) is 6.82. The molecule has 0 N–H and O–H groups in total. The molecule has 0 amide bonds. The summed E-state index contributed by atoms with van der Waals surface area (Å²) in [6.45, 7) is 4.62. The zero-order valence-electron chi connectivity index (χ0n) is 26.1. The zero-order chi connectivity index (χ0) is 32.0. The molecule has 1 aromatic heterocycles. The van der Waals surface area contributed by atoms with Crippen molar-refractivity contribution in [2.45, 2.75) is 19.3 Å². The molecule has 47 heavy (non-hydrogen) atoms. The quantitative estimate of drug-likeness (QED) is 0.197. The van der Waals surface area contributed by atoms with E-state index in [1.54, 1.807) is 6.07 Å². The van der Waals surface area contributed by atoms with Crippen molar-refractivity contribution in [2.24, 2.45) is 0 Å². The molecule has 1 aliphatic rings. The van der Waals surface area contributed by atoms with Crippen LogP contribution in [0.2, 0.25) is 0 Å². The summed E-state index contributed by atoms with van der Waals surface area (Å²) in [6.07, 6.45) is 0. The van der Waals surface area contributed by atoms with Gasteiger partial charge in [-0.2, -0.15) is 5.26 Å². The first-order valence-corrected chi connectivity index (χ1v) is 15.8. The molecule has 0 radical (unpaired) electrons. The van der Waals surface area contributed by atoms with Crippen LogP contribution in [0.3, 0.4) is 0 Å². The van der Waals surface area contributed by atoms with Crippen LogP contribution in [0.15, 0.2) is 146 Å². The third-order valence-corrected chi connectivity index (χ3v) is 9.17. The second kappa shape index (κ2) is 11.3. The Hall–Kier alpha value is -6.18. The van der Waals surface area contributed by atoms with E-state index in [1.807, 2.05) is 54.6 Å². The Morgan fingerprint density at radius 3 is 1.68 bits per heavy atom. The van der Waals surface area contributed by atoms with Gasteiger partial charge in [-0.05, 0) is 80.9 Å². The highest BCUT2D eigenvalue weighted by Crippen LogP contribution is 2.49. The number of fused-ring (bicyclic) bond motifs is 3. The van der Waals surface area contributed by atoms with E-state index in [-0.39, 0.29) is 5.41 Å². The highest BCUT2D eigenvalue weighted by Gasteiger charge is 2.35. The lowest BCUT2D eigenvalue weighted by atomic mass is 9.81. The number of nitrogens with zero attached hydrogens (tertiary/aromatic N) is 4. The van der Waals surface area contributed by atoms with Crippen molar-refractivity contribution in [3.63, 3.8) is 0 Å². The Labute approximate surface area is 274 Å². The van der Waals surface area contributed by atoms with Crippen LogP contribution in [0.25, 0.3) is 67.5 Å². The first-order valence-electron chi connectivity index (χ1n) is 15.8.